The average molecular weight is 307 g/mol. The Bertz CT molecular complexity index is 930. The number of benzene rings is 1. The van der Waals surface area contributed by atoms with Gasteiger partial charge in [-0.3, -0.25) is 4.98 Å². The first-order valence-electron chi connectivity index (χ1n) is 6.82. The maximum absolute atomic E-state index is 5.95. The first kappa shape index (κ1) is 13.0. The smallest absolute Gasteiger partial charge is 0.163 e. The molecule has 0 saturated heterocycles. The molecule has 0 aliphatic heterocycles. The molecule has 0 atom stereocenters. The van der Waals surface area contributed by atoms with Gasteiger partial charge in [0, 0.05) is 34.7 Å². The summed E-state index contributed by atoms with van der Waals surface area (Å²) in [5, 5.41) is 5.20. The van der Waals surface area contributed by atoms with Crippen LogP contribution in [0.3, 0.4) is 0 Å². The third-order valence-corrected chi connectivity index (χ3v) is 3.77. The molecule has 0 fully saturated rings. The van der Waals surface area contributed by atoms with Gasteiger partial charge in [0.15, 0.2) is 5.65 Å². The largest absolute Gasteiger partial charge is 0.264 e. The predicted octanol–water partition coefficient (Wildman–Crippen LogP) is 4.11. The Morgan fingerprint density at radius 2 is 1.73 bits per heavy atom. The Morgan fingerprint density at radius 3 is 2.50 bits per heavy atom. The number of halogens is 1. The number of nitrogens with zero attached hydrogens (tertiary/aromatic N) is 4. The second kappa shape index (κ2) is 5.24. The zero-order chi connectivity index (χ0) is 14.9. The first-order chi connectivity index (χ1) is 10.8. The number of hydrogen-bond donors (Lipinski definition) is 0. The molecule has 0 amide bonds. The molecule has 0 spiro atoms. The van der Waals surface area contributed by atoms with Crippen LogP contribution in [-0.4, -0.2) is 19.6 Å². The lowest BCUT2D eigenvalue weighted by molar-refractivity contribution is 0.947. The van der Waals surface area contributed by atoms with Crippen LogP contribution < -0.4 is 0 Å². The molecule has 5 heteroatoms. The van der Waals surface area contributed by atoms with Crippen molar-refractivity contribution in [1.29, 1.82) is 0 Å². The Hall–Kier alpha value is -2.72. The molecule has 106 valence electrons. The van der Waals surface area contributed by atoms with Crippen molar-refractivity contribution in [1.82, 2.24) is 19.6 Å². The van der Waals surface area contributed by atoms with E-state index >= 15 is 0 Å². The predicted molar refractivity (Wildman–Crippen MR) is 86.7 cm³/mol. The third kappa shape index (κ3) is 2.14. The number of rotatable bonds is 2. The summed E-state index contributed by atoms with van der Waals surface area (Å²) < 4.78 is 1.83. The maximum atomic E-state index is 5.95. The quantitative estimate of drug-likeness (QED) is 0.559. The molecule has 0 aliphatic rings. The van der Waals surface area contributed by atoms with Crippen LogP contribution in [0.4, 0.5) is 0 Å². The van der Waals surface area contributed by atoms with Crippen LogP contribution in [0, 0.1) is 0 Å². The number of fused-ring (bicyclic) bond motifs is 1. The molecule has 4 nitrogen and oxygen atoms in total. The molecule has 4 rings (SSSR count). The lowest BCUT2D eigenvalue weighted by Gasteiger charge is -2.04. The van der Waals surface area contributed by atoms with Gasteiger partial charge in [0.05, 0.1) is 11.9 Å². The van der Waals surface area contributed by atoms with Crippen molar-refractivity contribution in [2.75, 3.05) is 0 Å². The summed E-state index contributed by atoms with van der Waals surface area (Å²) >= 11 is 5.95. The Kier molecular flexibility index (Phi) is 3.09. The molecule has 0 N–H and O–H groups in total. The van der Waals surface area contributed by atoms with Crippen molar-refractivity contribution in [3.05, 3.63) is 72.3 Å². The molecule has 1 aromatic carbocycles. The van der Waals surface area contributed by atoms with Crippen molar-refractivity contribution in [2.24, 2.45) is 0 Å². The van der Waals surface area contributed by atoms with Crippen molar-refractivity contribution in [3.63, 3.8) is 0 Å². The number of pyridine rings is 1. The van der Waals surface area contributed by atoms with Crippen molar-refractivity contribution < 1.29 is 0 Å². The van der Waals surface area contributed by atoms with Crippen molar-refractivity contribution in [3.8, 4) is 22.4 Å². The minimum Gasteiger partial charge on any atom is -0.264 e. The zero-order valence-corrected chi connectivity index (χ0v) is 12.3. The Labute approximate surface area is 132 Å². The molecule has 0 saturated carbocycles. The van der Waals surface area contributed by atoms with Gasteiger partial charge in [0.25, 0.3) is 0 Å². The van der Waals surface area contributed by atoms with E-state index in [1.165, 1.54) is 0 Å². The fourth-order valence-electron chi connectivity index (χ4n) is 2.46. The molecule has 4 aromatic rings. The summed E-state index contributed by atoms with van der Waals surface area (Å²) in [6, 6.07) is 13.5. The van der Waals surface area contributed by atoms with E-state index < -0.39 is 0 Å². The normalized spacial score (nSPS) is 11.0. The molecule has 0 unspecified atom stereocenters. The van der Waals surface area contributed by atoms with Gasteiger partial charge < -0.3 is 0 Å². The SMILES string of the molecule is Clc1ccc(-c2cnn3c(-c4cccnc4)ccnc23)cc1. The van der Waals surface area contributed by atoms with Crippen LogP contribution in [0.5, 0.6) is 0 Å². The lowest BCUT2D eigenvalue weighted by Crippen LogP contribution is -1.95. The lowest BCUT2D eigenvalue weighted by atomic mass is 10.1. The fourth-order valence-corrected chi connectivity index (χ4v) is 2.58. The summed E-state index contributed by atoms with van der Waals surface area (Å²) in [6.07, 6.45) is 7.19. The number of hydrogen-bond acceptors (Lipinski definition) is 3. The monoisotopic (exact) mass is 306 g/mol. The minimum atomic E-state index is 0.712. The summed E-state index contributed by atoms with van der Waals surface area (Å²) in [7, 11) is 0. The molecule has 0 aliphatic carbocycles. The van der Waals surface area contributed by atoms with Gasteiger partial charge in [-0.25, -0.2) is 9.50 Å². The maximum Gasteiger partial charge on any atom is 0.163 e. The van der Waals surface area contributed by atoms with Gasteiger partial charge in [-0.1, -0.05) is 23.7 Å². The zero-order valence-electron chi connectivity index (χ0n) is 11.5. The standard InChI is InChI=1S/C17H11ClN4/c18-14-5-3-12(4-6-14)15-11-21-22-16(7-9-20-17(15)22)13-2-1-8-19-10-13/h1-11H. The molecule has 0 radical (unpaired) electrons. The fraction of sp³-hybridized carbons (Fsp3) is 0. The van der Waals surface area contributed by atoms with E-state index in [4.69, 9.17) is 11.6 Å². The van der Waals surface area contributed by atoms with Gasteiger partial charge in [0.1, 0.15) is 0 Å². The van der Waals surface area contributed by atoms with Gasteiger partial charge >= 0.3 is 0 Å². The van der Waals surface area contributed by atoms with E-state index in [-0.39, 0.29) is 0 Å². The van der Waals surface area contributed by atoms with Crippen LogP contribution in [0.2, 0.25) is 5.02 Å². The topological polar surface area (TPSA) is 43.1 Å². The van der Waals surface area contributed by atoms with Crippen molar-refractivity contribution in [2.45, 2.75) is 0 Å². The molecular formula is C17H11ClN4. The molecule has 3 aromatic heterocycles. The highest BCUT2D eigenvalue weighted by Crippen LogP contribution is 2.27. The average Bonchev–Trinajstić information content (AvgIpc) is 3.00. The van der Waals surface area contributed by atoms with Crippen LogP contribution in [0.15, 0.2) is 67.3 Å². The van der Waals surface area contributed by atoms with Crippen LogP contribution in [0.25, 0.3) is 28.0 Å². The molecular weight excluding hydrogens is 296 g/mol. The van der Waals surface area contributed by atoms with Gasteiger partial charge in [-0.2, -0.15) is 5.10 Å². The van der Waals surface area contributed by atoms with Crippen molar-refractivity contribution >= 4 is 17.2 Å². The van der Waals surface area contributed by atoms with Crippen LogP contribution >= 0.6 is 11.6 Å². The third-order valence-electron chi connectivity index (χ3n) is 3.51. The second-order valence-corrected chi connectivity index (χ2v) is 5.31. The molecule has 0 bridgehead atoms. The minimum absolute atomic E-state index is 0.712. The highest BCUT2D eigenvalue weighted by atomic mass is 35.5. The second-order valence-electron chi connectivity index (χ2n) is 4.87. The molecule has 3 heterocycles. The molecule has 22 heavy (non-hydrogen) atoms. The summed E-state index contributed by atoms with van der Waals surface area (Å²) in [5.74, 6) is 0. The van der Waals surface area contributed by atoms with E-state index in [2.05, 4.69) is 15.1 Å². The van der Waals surface area contributed by atoms with Gasteiger partial charge in [-0.15, -0.1) is 0 Å². The van der Waals surface area contributed by atoms with E-state index in [9.17, 15) is 0 Å². The van der Waals surface area contributed by atoms with E-state index in [0.717, 1.165) is 28.0 Å². The summed E-state index contributed by atoms with van der Waals surface area (Å²) in [4.78, 5) is 8.64. The highest BCUT2D eigenvalue weighted by molar-refractivity contribution is 6.30. The van der Waals surface area contributed by atoms with Crippen LogP contribution in [0.1, 0.15) is 0 Å². The van der Waals surface area contributed by atoms with Gasteiger partial charge in [0.2, 0.25) is 0 Å². The summed E-state index contributed by atoms with van der Waals surface area (Å²) in [6.45, 7) is 0. The number of aromatic nitrogens is 4. The van der Waals surface area contributed by atoms with Crippen LogP contribution in [-0.2, 0) is 0 Å². The van der Waals surface area contributed by atoms with E-state index in [1.54, 1.807) is 12.4 Å². The Balaban J connectivity index is 1.92. The summed E-state index contributed by atoms with van der Waals surface area (Å²) in [5.41, 5.74) is 4.78. The van der Waals surface area contributed by atoms with Gasteiger partial charge in [-0.05, 0) is 35.9 Å². The highest BCUT2D eigenvalue weighted by Gasteiger charge is 2.11. The van der Waals surface area contributed by atoms with E-state index in [1.807, 2.05) is 59.4 Å². The Morgan fingerprint density at radius 1 is 0.864 bits per heavy atom. The van der Waals surface area contributed by atoms with E-state index in [0.29, 0.717) is 5.02 Å². The first-order valence-corrected chi connectivity index (χ1v) is 7.20.